The number of nitrogens with one attached hydrogen (secondary N) is 1. The van der Waals surface area contributed by atoms with Crippen LogP contribution in [-0.4, -0.2) is 13.1 Å². The molecule has 0 bridgehead atoms. The van der Waals surface area contributed by atoms with Crippen LogP contribution in [0.5, 0.6) is 0 Å². The van der Waals surface area contributed by atoms with Crippen molar-refractivity contribution in [2.45, 2.75) is 19.4 Å². The Morgan fingerprint density at radius 2 is 1.72 bits per heavy atom. The normalized spacial score (nSPS) is 12.4. The molecular formula is C16H18FN. The zero-order chi connectivity index (χ0) is 13.0. The highest BCUT2D eigenvalue weighted by atomic mass is 19.1. The van der Waals surface area contributed by atoms with Gasteiger partial charge in [-0.05, 0) is 49.2 Å². The van der Waals surface area contributed by atoms with Gasteiger partial charge in [-0.15, -0.1) is 0 Å². The molecule has 0 fully saturated rings. The van der Waals surface area contributed by atoms with Crippen LogP contribution in [0.1, 0.15) is 12.5 Å². The van der Waals surface area contributed by atoms with Gasteiger partial charge in [0.25, 0.3) is 0 Å². The summed E-state index contributed by atoms with van der Waals surface area (Å²) < 4.78 is 13.2. The van der Waals surface area contributed by atoms with Gasteiger partial charge < -0.3 is 5.32 Å². The first-order chi connectivity index (χ1) is 8.69. The fraction of sp³-hybridized carbons (Fsp3) is 0.250. The average molecular weight is 243 g/mol. The SMILES string of the molecule is CNC(C)Cc1cccc(-c2cccc(F)c2)c1. The fourth-order valence-electron chi connectivity index (χ4n) is 2.00. The first kappa shape index (κ1) is 12.8. The highest BCUT2D eigenvalue weighted by Gasteiger charge is 2.03. The predicted molar refractivity (Wildman–Crippen MR) is 74.1 cm³/mol. The molecule has 18 heavy (non-hydrogen) atoms. The van der Waals surface area contributed by atoms with Crippen molar-refractivity contribution in [2.24, 2.45) is 0 Å². The van der Waals surface area contributed by atoms with Crippen molar-refractivity contribution < 1.29 is 4.39 Å². The van der Waals surface area contributed by atoms with Gasteiger partial charge in [-0.3, -0.25) is 0 Å². The first-order valence-corrected chi connectivity index (χ1v) is 6.21. The minimum Gasteiger partial charge on any atom is -0.317 e. The molecule has 2 aromatic carbocycles. The summed E-state index contributed by atoms with van der Waals surface area (Å²) in [5.41, 5.74) is 3.25. The molecule has 0 aliphatic rings. The molecule has 0 amide bonds. The van der Waals surface area contributed by atoms with Gasteiger partial charge in [-0.1, -0.05) is 36.4 Å². The van der Waals surface area contributed by atoms with E-state index in [-0.39, 0.29) is 5.82 Å². The van der Waals surface area contributed by atoms with Gasteiger partial charge >= 0.3 is 0 Å². The standard InChI is InChI=1S/C16H18FN/c1-12(18-2)9-13-5-3-6-14(10-13)15-7-4-8-16(17)11-15/h3-8,10-12,18H,9H2,1-2H3. The maximum absolute atomic E-state index is 13.2. The third-order valence-electron chi connectivity index (χ3n) is 3.12. The van der Waals surface area contributed by atoms with E-state index >= 15 is 0 Å². The zero-order valence-corrected chi connectivity index (χ0v) is 10.8. The van der Waals surface area contributed by atoms with Gasteiger partial charge in [0.15, 0.2) is 0 Å². The largest absolute Gasteiger partial charge is 0.317 e. The molecule has 2 rings (SSSR count). The molecule has 1 N–H and O–H groups in total. The zero-order valence-electron chi connectivity index (χ0n) is 10.8. The second kappa shape index (κ2) is 5.78. The van der Waals surface area contributed by atoms with Gasteiger partial charge in [0.1, 0.15) is 5.82 Å². The Morgan fingerprint density at radius 3 is 2.39 bits per heavy atom. The van der Waals surface area contributed by atoms with Crippen LogP contribution in [0.25, 0.3) is 11.1 Å². The van der Waals surface area contributed by atoms with E-state index in [9.17, 15) is 4.39 Å². The summed E-state index contributed by atoms with van der Waals surface area (Å²) in [6.07, 6.45) is 0.972. The maximum atomic E-state index is 13.2. The summed E-state index contributed by atoms with van der Waals surface area (Å²) in [5, 5.41) is 3.22. The van der Waals surface area contributed by atoms with E-state index in [1.807, 2.05) is 25.2 Å². The Hall–Kier alpha value is -1.67. The summed E-state index contributed by atoms with van der Waals surface area (Å²) >= 11 is 0. The Balaban J connectivity index is 2.27. The number of benzene rings is 2. The van der Waals surface area contributed by atoms with Crippen LogP contribution in [0.2, 0.25) is 0 Å². The number of rotatable bonds is 4. The molecule has 94 valence electrons. The molecule has 1 atom stereocenters. The molecule has 0 aromatic heterocycles. The minimum atomic E-state index is -0.193. The quantitative estimate of drug-likeness (QED) is 0.864. The van der Waals surface area contributed by atoms with E-state index in [0.717, 1.165) is 17.5 Å². The third-order valence-corrected chi connectivity index (χ3v) is 3.12. The fourth-order valence-corrected chi connectivity index (χ4v) is 2.00. The molecule has 0 saturated carbocycles. The lowest BCUT2D eigenvalue weighted by atomic mass is 10.00. The Morgan fingerprint density at radius 1 is 1.06 bits per heavy atom. The van der Waals surface area contributed by atoms with Gasteiger partial charge in [-0.25, -0.2) is 4.39 Å². The maximum Gasteiger partial charge on any atom is 0.123 e. The molecule has 1 unspecified atom stereocenters. The Labute approximate surface area is 108 Å². The van der Waals surface area contributed by atoms with Crippen LogP contribution in [0, 0.1) is 5.82 Å². The number of likely N-dealkylation sites (N-methyl/N-ethyl adjacent to an activating group) is 1. The highest BCUT2D eigenvalue weighted by Crippen LogP contribution is 2.21. The number of hydrogen-bond acceptors (Lipinski definition) is 1. The molecule has 0 heterocycles. The number of hydrogen-bond donors (Lipinski definition) is 1. The van der Waals surface area contributed by atoms with E-state index in [1.165, 1.54) is 11.6 Å². The molecule has 2 heteroatoms. The predicted octanol–water partition coefficient (Wildman–Crippen LogP) is 3.64. The van der Waals surface area contributed by atoms with E-state index < -0.39 is 0 Å². The monoisotopic (exact) mass is 243 g/mol. The summed E-state index contributed by atoms with van der Waals surface area (Å²) in [6.45, 7) is 2.15. The van der Waals surface area contributed by atoms with Crippen molar-refractivity contribution in [3.63, 3.8) is 0 Å². The van der Waals surface area contributed by atoms with Gasteiger partial charge in [0.05, 0.1) is 0 Å². The number of halogens is 1. The van der Waals surface area contributed by atoms with Crippen LogP contribution < -0.4 is 5.32 Å². The third kappa shape index (κ3) is 3.17. The second-order valence-electron chi connectivity index (χ2n) is 4.60. The molecule has 0 aliphatic carbocycles. The first-order valence-electron chi connectivity index (χ1n) is 6.21. The molecular weight excluding hydrogens is 225 g/mol. The van der Waals surface area contributed by atoms with E-state index in [4.69, 9.17) is 0 Å². The molecule has 0 radical (unpaired) electrons. The van der Waals surface area contributed by atoms with Gasteiger partial charge in [-0.2, -0.15) is 0 Å². The van der Waals surface area contributed by atoms with E-state index in [0.29, 0.717) is 6.04 Å². The van der Waals surface area contributed by atoms with Crippen molar-refractivity contribution in [1.29, 1.82) is 0 Å². The van der Waals surface area contributed by atoms with Gasteiger partial charge in [0, 0.05) is 6.04 Å². The highest BCUT2D eigenvalue weighted by molar-refractivity contribution is 5.64. The second-order valence-corrected chi connectivity index (χ2v) is 4.60. The van der Waals surface area contributed by atoms with E-state index in [1.54, 1.807) is 12.1 Å². The lowest BCUT2D eigenvalue weighted by molar-refractivity contribution is 0.608. The van der Waals surface area contributed by atoms with Crippen LogP contribution in [-0.2, 0) is 6.42 Å². The topological polar surface area (TPSA) is 12.0 Å². The van der Waals surface area contributed by atoms with Crippen molar-refractivity contribution in [3.8, 4) is 11.1 Å². The van der Waals surface area contributed by atoms with Crippen LogP contribution in [0.15, 0.2) is 48.5 Å². The van der Waals surface area contributed by atoms with Crippen LogP contribution in [0.3, 0.4) is 0 Å². The molecule has 0 saturated heterocycles. The summed E-state index contributed by atoms with van der Waals surface area (Å²) in [7, 11) is 1.96. The Kier molecular flexibility index (Phi) is 4.11. The average Bonchev–Trinajstić information content (AvgIpc) is 2.39. The molecule has 0 spiro atoms. The lowest BCUT2D eigenvalue weighted by Crippen LogP contribution is -2.23. The minimum absolute atomic E-state index is 0.193. The van der Waals surface area contributed by atoms with Crippen LogP contribution >= 0.6 is 0 Å². The summed E-state index contributed by atoms with van der Waals surface area (Å²) in [5.74, 6) is -0.193. The van der Waals surface area contributed by atoms with Crippen molar-refractivity contribution in [1.82, 2.24) is 5.32 Å². The lowest BCUT2D eigenvalue weighted by Gasteiger charge is -2.11. The van der Waals surface area contributed by atoms with Gasteiger partial charge in [0.2, 0.25) is 0 Å². The molecule has 1 nitrogen and oxygen atoms in total. The Bertz CT molecular complexity index is 522. The van der Waals surface area contributed by atoms with Crippen molar-refractivity contribution in [3.05, 3.63) is 59.9 Å². The smallest absolute Gasteiger partial charge is 0.123 e. The summed E-state index contributed by atoms with van der Waals surface area (Å²) in [6, 6.07) is 15.4. The van der Waals surface area contributed by atoms with E-state index in [2.05, 4.69) is 24.4 Å². The molecule has 0 aliphatic heterocycles. The summed E-state index contributed by atoms with van der Waals surface area (Å²) in [4.78, 5) is 0. The molecule has 2 aromatic rings. The van der Waals surface area contributed by atoms with Crippen molar-refractivity contribution in [2.75, 3.05) is 7.05 Å². The van der Waals surface area contributed by atoms with Crippen LogP contribution in [0.4, 0.5) is 4.39 Å². The van der Waals surface area contributed by atoms with Crippen molar-refractivity contribution >= 4 is 0 Å².